The fourth-order valence-corrected chi connectivity index (χ4v) is 5.65. The largest absolute Gasteiger partial charge is 0.378 e. The molecule has 4 rings (SSSR count). The van der Waals surface area contributed by atoms with Crippen molar-refractivity contribution in [3.8, 4) is 0 Å². The van der Waals surface area contributed by atoms with Crippen molar-refractivity contribution in [1.29, 1.82) is 0 Å². The SMILES string of the molecule is CN(C)c1ccc(CN(CC2CCCO2)C(=O)c2cc3sc(N(C)C)nc3s2)cc1. The highest BCUT2D eigenvalue weighted by molar-refractivity contribution is 7.29. The predicted octanol–water partition coefficient (Wildman–Crippen LogP) is 4.31. The molecule has 1 aliphatic rings. The lowest BCUT2D eigenvalue weighted by Crippen LogP contribution is -2.36. The second-order valence-electron chi connectivity index (χ2n) is 8.05. The number of fused-ring (bicyclic) bond motifs is 1. The third kappa shape index (κ3) is 4.61. The smallest absolute Gasteiger partial charge is 0.264 e. The maximum Gasteiger partial charge on any atom is 0.264 e. The molecule has 0 aliphatic carbocycles. The van der Waals surface area contributed by atoms with E-state index in [1.807, 2.05) is 44.1 Å². The van der Waals surface area contributed by atoms with Gasteiger partial charge in [-0.3, -0.25) is 4.79 Å². The first-order valence-electron chi connectivity index (χ1n) is 10.2. The van der Waals surface area contributed by atoms with E-state index in [1.54, 1.807) is 11.3 Å². The van der Waals surface area contributed by atoms with Gasteiger partial charge in [-0.2, -0.15) is 0 Å². The Hall–Kier alpha value is -2.16. The number of nitrogens with zero attached hydrogens (tertiary/aromatic N) is 4. The van der Waals surface area contributed by atoms with Crippen molar-refractivity contribution in [2.75, 3.05) is 51.1 Å². The standard InChI is InChI=1S/C22H28N4O2S2/c1-24(2)16-9-7-15(8-10-16)13-26(14-17-6-5-11-28-17)21(27)19-12-18-20(29-19)23-22(30-18)25(3)4/h7-10,12,17H,5-6,11,13-14H2,1-4H3. The number of thiazole rings is 1. The second kappa shape index (κ2) is 8.91. The van der Waals surface area contributed by atoms with E-state index < -0.39 is 0 Å². The number of carbonyl (C=O) groups is 1. The first-order valence-corrected chi connectivity index (χ1v) is 11.8. The highest BCUT2D eigenvalue weighted by atomic mass is 32.1. The van der Waals surface area contributed by atoms with Crippen LogP contribution in [0.25, 0.3) is 9.53 Å². The van der Waals surface area contributed by atoms with Crippen LogP contribution in [-0.2, 0) is 11.3 Å². The van der Waals surface area contributed by atoms with Gasteiger partial charge in [-0.15, -0.1) is 11.3 Å². The number of amides is 1. The molecule has 0 N–H and O–H groups in total. The lowest BCUT2D eigenvalue weighted by Gasteiger charge is -2.25. The Morgan fingerprint density at radius 2 is 1.90 bits per heavy atom. The maximum absolute atomic E-state index is 13.4. The van der Waals surface area contributed by atoms with E-state index in [-0.39, 0.29) is 12.0 Å². The van der Waals surface area contributed by atoms with E-state index in [9.17, 15) is 4.79 Å². The van der Waals surface area contributed by atoms with Crippen molar-refractivity contribution in [1.82, 2.24) is 9.88 Å². The van der Waals surface area contributed by atoms with Gasteiger partial charge in [-0.25, -0.2) is 4.98 Å². The third-order valence-electron chi connectivity index (χ3n) is 5.23. The van der Waals surface area contributed by atoms with Gasteiger partial charge in [0.2, 0.25) is 0 Å². The zero-order valence-corrected chi connectivity index (χ0v) is 19.6. The van der Waals surface area contributed by atoms with Gasteiger partial charge in [0.1, 0.15) is 4.83 Å². The van der Waals surface area contributed by atoms with E-state index in [1.165, 1.54) is 11.3 Å². The van der Waals surface area contributed by atoms with Gasteiger partial charge in [-0.1, -0.05) is 23.5 Å². The molecule has 6 nitrogen and oxygen atoms in total. The van der Waals surface area contributed by atoms with Crippen LogP contribution in [0.4, 0.5) is 10.8 Å². The molecule has 1 saturated heterocycles. The summed E-state index contributed by atoms with van der Waals surface area (Å²) < 4.78 is 6.90. The van der Waals surface area contributed by atoms with Crippen LogP contribution in [0.15, 0.2) is 30.3 Å². The van der Waals surface area contributed by atoms with E-state index >= 15 is 0 Å². The normalized spacial score (nSPS) is 16.2. The highest BCUT2D eigenvalue weighted by Crippen LogP contribution is 2.34. The number of anilines is 2. The fourth-order valence-electron chi connectivity index (χ4n) is 3.55. The Balaban J connectivity index is 1.56. The molecule has 3 aromatic rings. The van der Waals surface area contributed by atoms with Gasteiger partial charge < -0.3 is 19.4 Å². The number of thiophene rings is 1. The van der Waals surface area contributed by atoms with Crippen LogP contribution in [0, 0.1) is 0 Å². The summed E-state index contributed by atoms with van der Waals surface area (Å²) in [6.07, 6.45) is 2.20. The molecular formula is C22H28N4O2S2. The first-order chi connectivity index (χ1) is 14.4. The summed E-state index contributed by atoms with van der Waals surface area (Å²) in [7, 11) is 8.03. The Labute approximate surface area is 185 Å². The molecule has 1 amide bonds. The molecule has 1 aromatic carbocycles. The molecule has 1 atom stereocenters. The summed E-state index contributed by atoms with van der Waals surface area (Å²) in [5, 5.41) is 0.965. The van der Waals surface area contributed by atoms with Crippen molar-refractivity contribution in [3.05, 3.63) is 40.8 Å². The lowest BCUT2D eigenvalue weighted by atomic mass is 10.1. The summed E-state index contributed by atoms with van der Waals surface area (Å²) in [5.74, 6) is 0.0591. The van der Waals surface area contributed by atoms with Crippen molar-refractivity contribution in [2.45, 2.75) is 25.5 Å². The Morgan fingerprint density at radius 1 is 1.13 bits per heavy atom. The number of hydrogen-bond donors (Lipinski definition) is 0. The first kappa shape index (κ1) is 21.1. The number of carbonyl (C=O) groups excluding carboxylic acids is 1. The summed E-state index contributed by atoms with van der Waals surface area (Å²) in [6.45, 7) is 1.99. The van der Waals surface area contributed by atoms with Crippen LogP contribution >= 0.6 is 22.7 Å². The molecule has 1 aliphatic heterocycles. The maximum atomic E-state index is 13.4. The molecule has 2 aromatic heterocycles. The third-order valence-corrected chi connectivity index (χ3v) is 7.55. The number of ether oxygens (including phenoxy) is 1. The van der Waals surface area contributed by atoms with Gasteiger partial charge in [0.05, 0.1) is 15.7 Å². The number of benzene rings is 1. The van der Waals surface area contributed by atoms with Crippen LogP contribution in [0.1, 0.15) is 28.1 Å². The van der Waals surface area contributed by atoms with Crippen molar-refractivity contribution in [2.24, 2.45) is 0 Å². The minimum Gasteiger partial charge on any atom is -0.378 e. The minimum atomic E-state index is 0.0591. The van der Waals surface area contributed by atoms with Crippen LogP contribution in [0.2, 0.25) is 0 Å². The lowest BCUT2D eigenvalue weighted by molar-refractivity contribution is 0.0511. The fraction of sp³-hybridized carbons (Fsp3) is 0.455. The van der Waals surface area contributed by atoms with Crippen LogP contribution in [-0.4, -0.2) is 63.2 Å². The molecule has 0 bridgehead atoms. The monoisotopic (exact) mass is 444 g/mol. The molecule has 1 unspecified atom stereocenters. The Kier molecular flexibility index (Phi) is 6.26. The molecule has 3 heterocycles. The predicted molar refractivity (Wildman–Crippen MR) is 126 cm³/mol. The van der Waals surface area contributed by atoms with Gasteiger partial charge >= 0.3 is 0 Å². The molecule has 30 heavy (non-hydrogen) atoms. The van der Waals surface area contributed by atoms with Crippen molar-refractivity contribution in [3.63, 3.8) is 0 Å². The molecule has 0 saturated carbocycles. The van der Waals surface area contributed by atoms with Gasteiger partial charge in [0.25, 0.3) is 5.91 Å². The number of aromatic nitrogens is 1. The zero-order chi connectivity index (χ0) is 21.3. The van der Waals surface area contributed by atoms with E-state index in [0.717, 1.165) is 50.2 Å². The van der Waals surface area contributed by atoms with Gasteiger partial charge in [-0.05, 0) is 36.6 Å². The number of rotatable bonds is 7. The van der Waals surface area contributed by atoms with E-state index in [0.29, 0.717) is 13.1 Å². The second-order valence-corrected chi connectivity index (χ2v) is 10.1. The van der Waals surface area contributed by atoms with Gasteiger partial charge in [0, 0.05) is 53.6 Å². The topological polar surface area (TPSA) is 48.9 Å². The molecule has 1 fully saturated rings. The number of hydrogen-bond acceptors (Lipinski definition) is 7. The molecule has 0 radical (unpaired) electrons. The minimum absolute atomic E-state index is 0.0591. The van der Waals surface area contributed by atoms with E-state index in [4.69, 9.17) is 4.74 Å². The molecule has 8 heteroatoms. The van der Waals surface area contributed by atoms with Crippen LogP contribution in [0.5, 0.6) is 0 Å². The average molecular weight is 445 g/mol. The summed E-state index contributed by atoms with van der Waals surface area (Å²) in [4.78, 5) is 25.8. The van der Waals surface area contributed by atoms with Crippen LogP contribution < -0.4 is 9.80 Å². The van der Waals surface area contributed by atoms with E-state index in [2.05, 4.69) is 34.1 Å². The molecule has 0 spiro atoms. The molecule has 160 valence electrons. The summed E-state index contributed by atoms with van der Waals surface area (Å²) in [5.41, 5.74) is 2.27. The van der Waals surface area contributed by atoms with Crippen molar-refractivity contribution >= 4 is 48.9 Å². The van der Waals surface area contributed by atoms with Gasteiger partial charge in [0.15, 0.2) is 5.13 Å². The Bertz CT molecular complexity index is 972. The van der Waals surface area contributed by atoms with Crippen LogP contribution in [0.3, 0.4) is 0 Å². The highest BCUT2D eigenvalue weighted by Gasteiger charge is 2.25. The average Bonchev–Trinajstić information content (AvgIpc) is 3.43. The van der Waals surface area contributed by atoms with Crippen molar-refractivity contribution < 1.29 is 9.53 Å². The summed E-state index contributed by atoms with van der Waals surface area (Å²) >= 11 is 3.10. The zero-order valence-electron chi connectivity index (χ0n) is 17.9. The summed E-state index contributed by atoms with van der Waals surface area (Å²) in [6, 6.07) is 10.4. The molecular weight excluding hydrogens is 416 g/mol. The Morgan fingerprint density at radius 3 is 2.50 bits per heavy atom. The quantitative estimate of drug-likeness (QED) is 0.543.